The van der Waals surface area contributed by atoms with Gasteiger partial charge in [0.1, 0.15) is 0 Å². The van der Waals surface area contributed by atoms with E-state index in [1.807, 2.05) is 0 Å². The largest absolute Gasteiger partial charge is 0.371 e. The number of nitrogens with one attached hydrogen (secondary N) is 1. The maximum absolute atomic E-state index is 4.49. The van der Waals surface area contributed by atoms with E-state index >= 15 is 0 Å². The third-order valence-corrected chi connectivity index (χ3v) is 4.59. The fourth-order valence-corrected chi connectivity index (χ4v) is 3.09. The van der Waals surface area contributed by atoms with Gasteiger partial charge in [0, 0.05) is 42.8 Å². The molecular weight excluding hydrogens is 258 g/mol. The summed E-state index contributed by atoms with van der Waals surface area (Å²) in [5, 5.41) is 3.51. The van der Waals surface area contributed by atoms with Gasteiger partial charge < -0.3 is 10.2 Å². The molecule has 0 bridgehead atoms. The molecule has 0 saturated carbocycles. The van der Waals surface area contributed by atoms with Crippen LogP contribution in [0, 0.1) is 18.3 Å². The van der Waals surface area contributed by atoms with E-state index < -0.39 is 0 Å². The highest BCUT2D eigenvalue weighted by Gasteiger charge is 2.32. The van der Waals surface area contributed by atoms with E-state index in [-0.39, 0.29) is 0 Å². The maximum Gasteiger partial charge on any atom is 0.0445 e. The lowest BCUT2D eigenvalue weighted by molar-refractivity contribution is 0.263. The van der Waals surface area contributed by atoms with Gasteiger partial charge in [-0.2, -0.15) is 0 Å². The van der Waals surface area contributed by atoms with Crippen molar-refractivity contribution in [2.45, 2.75) is 54.0 Å². The van der Waals surface area contributed by atoms with Gasteiger partial charge in [0.2, 0.25) is 0 Å². The van der Waals surface area contributed by atoms with Crippen LogP contribution in [0.25, 0.3) is 0 Å². The smallest absolute Gasteiger partial charge is 0.0445 e. The highest BCUT2D eigenvalue weighted by Crippen LogP contribution is 2.36. The molecule has 0 aromatic carbocycles. The van der Waals surface area contributed by atoms with Gasteiger partial charge in [0.15, 0.2) is 0 Å². The molecule has 1 N–H and O–H groups in total. The molecule has 3 nitrogen and oxygen atoms in total. The first kappa shape index (κ1) is 16.3. The van der Waals surface area contributed by atoms with Gasteiger partial charge in [0.05, 0.1) is 0 Å². The standard InChI is InChI=1S/C18H31N3/c1-6-8-19-11-15-12-20-14(2)10-17(15)21-9-7-16(13-21)18(3,4)5/h10,12,16,19H,6-9,11,13H2,1-5H3. The molecule has 0 amide bonds. The third kappa shape index (κ3) is 4.19. The van der Waals surface area contributed by atoms with Crippen molar-refractivity contribution >= 4 is 5.69 Å². The van der Waals surface area contributed by atoms with Gasteiger partial charge in [-0.25, -0.2) is 0 Å². The van der Waals surface area contributed by atoms with Crippen LogP contribution < -0.4 is 10.2 Å². The molecule has 3 heteroatoms. The van der Waals surface area contributed by atoms with Gasteiger partial charge in [-0.05, 0) is 43.7 Å². The molecule has 21 heavy (non-hydrogen) atoms. The second kappa shape index (κ2) is 6.78. The van der Waals surface area contributed by atoms with Crippen molar-refractivity contribution in [3.8, 4) is 0 Å². The molecule has 0 radical (unpaired) electrons. The van der Waals surface area contributed by atoms with E-state index in [1.165, 1.54) is 37.2 Å². The zero-order chi connectivity index (χ0) is 15.5. The van der Waals surface area contributed by atoms with Crippen LogP contribution in [0.2, 0.25) is 0 Å². The Bertz CT molecular complexity index is 462. The van der Waals surface area contributed by atoms with Gasteiger partial charge in [-0.15, -0.1) is 0 Å². The van der Waals surface area contributed by atoms with Crippen molar-refractivity contribution in [1.29, 1.82) is 0 Å². The Kier molecular flexibility index (Phi) is 5.26. The minimum Gasteiger partial charge on any atom is -0.371 e. The van der Waals surface area contributed by atoms with Crippen LogP contribution in [0.1, 0.15) is 51.8 Å². The second-order valence-corrected chi connectivity index (χ2v) is 7.43. The summed E-state index contributed by atoms with van der Waals surface area (Å²) in [5.41, 5.74) is 4.24. The quantitative estimate of drug-likeness (QED) is 0.837. The summed E-state index contributed by atoms with van der Waals surface area (Å²) in [4.78, 5) is 7.05. The summed E-state index contributed by atoms with van der Waals surface area (Å²) in [5.74, 6) is 0.780. The van der Waals surface area contributed by atoms with Crippen LogP contribution in [0.4, 0.5) is 5.69 Å². The predicted molar refractivity (Wildman–Crippen MR) is 90.7 cm³/mol. The summed E-state index contributed by atoms with van der Waals surface area (Å²) in [6.07, 6.45) is 4.52. The lowest BCUT2D eigenvalue weighted by Crippen LogP contribution is -2.27. The van der Waals surface area contributed by atoms with E-state index in [2.05, 4.69) is 62.1 Å². The fourth-order valence-electron chi connectivity index (χ4n) is 3.09. The minimum atomic E-state index is 0.400. The van der Waals surface area contributed by atoms with Crippen molar-refractivity contribution in [3.63, 3.8) is 0 Å². The second-order valence-electron chi connectivity index (χ2n) is 7.43. The molecule has 1 aliphatic heterocycles. The normalized spacial score (nSPS) is 19.3. The zero-order valence-electron chi connectivity index (χ0n) is 14.4. The number of hydrogen-bond acceptors (Lipinski definition) is 3. The summed E-state index contributed by atoms with van der Waals surface area (Å²) in [6.45, 7) is 15.7. The Balaban J connectivity index is 2.13. The Morgan fingerprint density at radius 1 is 1.38 bits per heavy atom. The molecule has 1 aromatic heterocycles. The maximum atomic E-state index is 4.49. The molecule has 0 spiro atoms. The van der Waals surface area contributed by atoms with E-state index in [0.717, 1.165) is 24.7 Å². The Morgan fingerprint density at radius 3 is 2.76 bits per heavy atom. The summed E-state index contributed by atoms with van der Waals surface area (Å²) in [6, 6.07) is 2.26. The van der Waals surface area contributed by atoms with Crippen LogP contribution in [-0.2, 0) is 6.54 Å². The first-order valence-electron chi connectivity index (χ1n) is 8.33. The molecule has 1 aromatic rings. The van der Waals surface area contributed by atoms with Gasteiger partial charge in [0.25, 0.3) is 0 Å². The molecule has 2 heterocycles. The SMILES string of the molecule is CCCNCc1cnc(C)cc1N1CCC(C(C)(C)C)C1. The number of rotatable bonds is 5. The van der Waals surface area contributed by atoms with E-state index in [1.54, 1.807) is 0 Å². The monoisotopic (exact) mass is 289 g/mol. The first-order chi connectivity index (χ1) is 9.91. The number of pyridine rings is 1. The van der Waals surface area contributed by atoms with Crippen LogP contribution in [0.3, 0.4) is 0 Å². The molecule has 0 aliphatic carbocycles. The highest BCUT2D eigenvalue weighted by molar-refractivity contribution is 5.54. The minimum absolute atomic E-state index is 0.400. The molecule has 1 unspecified atom stereocenters. The molecule has 1 atom stereocenters. The summed E-state index contributed by atoms with van der Waals surface area (Å²) >= 11 is 0. The number of anilines is 1. The average Bonchev–Trinajstić information content (AvgIpc) is 2.90. The highest BCUT2D eigenvalue weighted by atomic mass is 15.2. The number of hydrogen-bond donors (Lipinski definition) is 1. The number of aromatic nitrogens is 1. The zero-order valence-corrected chi connectivity index (χ0v) is 14.4. The predicted octanol–water partition coefficient (Wildman–Crippen LogP) is 3.76. The third-order valence-electron chi connectivity index (χ3n) is 4.59. The van der Waals surface area contributed by atoms with Crippen molar-refractivity contribution in [2.75, 3.05) is 24.5 Å². The molecule has 1 saturated heterocycles. The molecule has 2 rings (SSSR count). The number of aryl methyl sites for hydroxylation is 1. The Hall–Kier alpha value is -1.09. The van der Waals surface area contributed by atoms with Crippen LogP contribution in [0.15, 0.2) is 12.3 Å². The summed E-state index contributed by atoms with van der Waals surface area (Å²) < 4.78 is 0. The topological polar surface area (TPSA) is 28.2 Å². The van der Waals surface area contributed by atoms with Crippen molar-refractivity contribution in [1.82, 2.24) is 10.3 Å². The first-order valence-corrected chi connectivity index (χ1v) is 8.33. The molecular formula is C18H31N3. The lowest BCUT2D eigenvalue weighted by Gasteiger charge is -2.28. The van der Waals surface area contributed by atoms with Crippen LogP contribution in [-0.4, -0.2) is 24.6 Å². The van der Waals surface area contributed by atoms with Crippen LogP contribution in [0.5, 0.6) is 0 Å². The lowest BCUT2D eigenvalue weighted by atomic mass is 9.80. The van der Waals surface area contributed by atoms with Gasteiger partial charge >= 0.3 is 0 Å². The van der Waals surface area contributed by atoms with E-state index in [9.17, 15) is 0 Å². The van der Waals surface area contributed by atoms with Crippen molar-refractivity contribution in [3.05, 3.63) is 23.5 Å². The Labute approximate surface area is 130 Å². The fraction of sp³-hybridized carbons (Fsp3) is 0.722. The average molecular weight is 289 g/mol. The Morgan fingerprint density at radius 2 is 2.14 bits per heavy atom. The van der Waals surface area contributed by atoms with Crippen LogP contribution >= 0.6 is 0 Å². The van der Waals surface area contributed by atoms with Gasteiger partial charge in [-0.3, -0.25) is 4.98 Å². The summed E-state index contributed by atoms with van der Waals surface area (Å²) in [7, 11) is 0. The van der Waals surface area contributed by atoms with E-state index in [0.29, 0.717) is 5.41 Å². The molecule has 118 valence electrons. The van der Waals surface area contributed by atoms with Crippen molar-refractivity contribution < 1.29 is 0 Å². The number of nitrogens with zero attached hydrogens (tertiary/aromatic N) is 2. The van der Waals surface area contributed by atoms with Gasteiger partial charge in [-0.1, -0.05) is 27.7 Å². The molecule has 1 aliphatic rings. The van der Waals surface area contributed by atoms with E-state index in [4.69, 9.17) is 0 Å². The van der Waals surface area contributed by atoms with Crippen molar-refractivity contribution in [2.24, 2.45) is 11.3 Å². The molecule has 1 fully saturated rings.